The summed E-state index contributed by atoms with van der Waals surface area (Å²) in [7, 11) is 0. The molecule has 2 aromatic rings. The lowest BCUT2D eigenvalue weighted by molar-refractivity contribution is -0.142. The quantitative estimate of drug-likeness (QED) is 0.711. The van der Waals surface area contributed by atoms with E-state index >= 15 is 0 Å². The van der Waals surface area contributed by atoms with Crippen molar-refractivity contribution in [2.75, 3.05) is 23.8 Å². The molecule has 30 heavy (non-hydrogen) atoms. The molecular formula is C22H24N2O5S. The van der Waals surface area contributed by atoms with E-state index in [2.05, 4.69) is 5.32 Å². The second kappa shape index (κ2) is 10.2. The number of carbonyl (C=O) groups is 3. The third kappa shape index (κ3) is 5.54. The number of rotatable bonds is 6. The number of carbonyl (C=O) groups excluding carboxylic acids is 3. The smallest absolute Gasteiger partial charge is 0.408 e. The van der Waals surface area contributed by atoms with E-state index in [0.29, 0.717) is 11.4 Å². The molecular weight excluding hydrogens is 404 g/mol. The van der Waals surface area contributed by atoms with Crippen LogP contribution < -0.4 is 10.2 Å². The van der Waals surface area contributed by atoms with Crippen molar-refractivity contribution >= 4 is 35.4 Å². The molecule has 2 aromatic carbocycles. The molecule has 158 valence electrons. The minimum Gasteiger partial charge on any atom is -0.465 e. The summed E-state index contributed by atoms with van der Waals surface area (Å²) in [5.41, 5.74) is 2.52. The van der Waals surface area contributed by atoms with E-state index in [4.69, 9.17) is 9.47 Å². The number of fused-ring (bicyclic) bond motifs is 1. The van der Waals surface area contributed by atoms with Crippen LogP contribution in [0.2, 0.25) is 0 Å². The molecule has 0 saturated heterocycles. The molecule has 1 aliphatic heterocycles. The minimum absolute atomic E-state index is 0.104. The monoisotopic (exact) mass is 428 g/mol. The summed E-state index contributed by atoms with van der Waals surface area (Å²) in [5.74, 6) is -0.556. The Bertz CT molecular complexity index is 919. The van der Waals surface area contributed by atoms with Crippen LogP contribution in [0.3, 0.4) is 0 Å². The van der Waals surface area contributed by atoms with Gasteiger partial charge in [0.15, 0.2) is 0 Å². The standard InChI is InChI=1S/C22H24N2O5S/c1-3-28-20(25)12-24-18-10-9-15(2)11-19(18)30-14-17(21(24)26)23-22(27)29-13-16-7-5-4-6-8-16/h4-11,17H,3,12-14H2,1-2H3,(H,23,27)/t17-/m1/s1. The molecule has 0 spiro atoms. The van der Waals surface area contributed by atoms with Gasteiger partial charge < -0.3 is 14.8 Å². The minimum atomic E-state index is -0.833. The van der Waals surface area contributed by atoms with E-state index in [9.17, 15) is 14.4 Å². The SMILES string of the molecule is CCOC(=O)CN1C(=O)[C@H](NC(=O)OCc2ccccc2)CSc2cc(C)ccc21. The van der Waals surface area contributed by atoms with Gasteiger partial charge in [-0.25, -0.2) is 4.79 Å². The first kappa shape index (κ1) is 21.7. The topological polar surface area (TPSA) is 84.9 Å². The van der Waals surface area contributed by atoms with Gasteiger partial charge in [0, 0.05) is 10.6 Å². The molecule has 1 aliphatic rings. The van der Waals surface area contributed by atoms with E-state index in [1.54, 1.807) is 6.92 Å². The van der Waals surface area contributed by atoms with Crippen molar-refractivity contribution in [1.29, 1.82) is 0 Å². The lowest BCUT2D eigenvalue weighted by atomic mass is 10.2. The highest BCUT2D eigenvalue weighted by atomic mass is 32.2. The number of hydrogen-bond donors (Lipinski definition) is 1. The summed E-state index contributed by atoms with van der Waals surface area (Å²) in [6, 6.07) is 14.1. The third-order valence-electron chi connectivity index (χ3n) is 4.47. The zero-order valence-electron chi connectivity index (χ0n) is 16.9. The number of alkyl carbamates (subject to hydrolysis) is 1. The fraction of sp³-hybridized carbons (Fsp3) is 0.318. The highest BCUT2D eigenvalue weighted by Gasteiger charge is 2.33. The van der Waals surface area contributed by atoms with E-state index in [-0.39, 0.29) is 25.7 Å². The van der Waals surface area contributed by atoms with Crippen molar-refractivity contribution in [3.8, 4) is 0 Å². The fourth-order valence-corrected chi connectivity index (χ4v) is 4.19. The van der Waals surface area contributed by atoms with Gasteiger partial charge in [-0.15, -0.1) is 11.8 Å². The second-order valence-corrected chi connectivity index (χ2v) is 7.83. The van der Waals surface area contributed by atoms with E-state index in [1.165, 1.54) is 16.7 Å². The maximum absolute atomic E-state index is 13.2. The first-order valence-electron chi connectivity index (χ1n) is 9.65. The van der Waals surface area contributed by atoms with Gasteiger partial charge in [-0.05, 0) is 37.1 Å². The summed E-state index contributed by atoms with van der Waals surface area (Å²) in [6.07, 6.45) is -0.684. The number of nitrogens with zero attached hydrogens (tertiary/aromatic N) is 1. The Labute approximate surface area is 179 Å². The molecule has 7 nitrogen and oxygen atoms in total. The lowest BCUT2D eigenvalue weighted by Crippen LogP contribution is -2.51. The van der Waals surface area contributed by atoms with Gasteiger partial charge in [-0.1, -0.05) is 36.4 Å². The number of esters is 1. The van der Waals surface area contributed by atoms with Crippen LogP contribution in [0.15, 0.2) is 53.4 Å². The number of ether oxygens (including phenoxy) is 2. The summed E-state index contributed by atoms with van der Waals surface area (Å²) >= 11 is 1.45. The van der Waals surface area contributed by atoms with Gasteiger partial charge >= 0.3 is 12.1 Å². The molecule has 0 unspecified atom stereocenters. The normalized spacial score (nSPS) is 15.7. The molecule has 0 radical (unpaired) electrons. The number of aryl methyl sites for hydroxylation is 1. The fourth-order valence-electron chi connectivity index (χ4n) is 3.02. The molecule has 3 rings (SSSR count). The Hall–Kier alpha value is -3.00. The molecule has 0 aromatic heterocycles. The van der Waals surface area contributed by atoms with Crippen LogP contribution in [-0.4, -0.2) is 42.9 Å². The summed E-state index contributed by atoms with van der Waals surface area (Å²) in [5, 5.41) is 2.64. The van der Waals surface area contributed by atoms with Crippen LogP contribution in [0, 0.1) is 6.92 Å². The molecule has 0 bridgehead atoms. The Morgan fingerprint density at radius 1 is 1.17 bits per heavy atom. The van der Waals surface area contributed by atoms with E-state index in [1.807, 2.05) is 55.5 Å². The van der Waals surface area contributed by atoms with Gasteiger partial charge in [0.05, 0.1) is 12.3 Å². The largest absolute Gasteiger partial charge is 0.465 e. The van der Waals surface area contributed by atoms with Crippen molar-refractivity contribution in [3.63, 3.8) is 0 Å². The van der Waals surface area contributed by atoms with Gasteiger partial charge in [-0.3, -0.25) is 14.5 Å². The second-order valence-electron chi connectivity index (χ2n) is 6.77. The van der Waals surface area contributed by atoms with Crippen LogP contribution >= 0.6 is 11.8 Å². The molecule has 0 fully saturated rings. The summed E-state index contributed by atoms with van der Waals surface area (Å²) in [4.78, 5) is 39.8. The number of nitrogens with one attached hydrogen (secondary N) is 1. The molecule has 2 amide bonds. The Morgan fingerprint density at radius 3 is 2.67 bits per heavy atom. The molecule has 0 saturated carbocycles. The van der Waals surface area contributed by atoms with Crippen molar-refractivity contribution in [2.45, 2.75) is 31.4 Å². The van der Waals surface area contributed by atoms with E-state index in [0.717, 1.165) is 16.0 Å². The molecule has 0 aliphatic carbocycles. The Balaban J connectivity index is 1.73. The maximum Gasteiger partial charge on any atom is 0.408 e. The van der Waals surface area contributed by atoms with Crippen molar-refractivity contribution in [2.24, 2.45) is 0 Å². The van der Waals surface area contributed by atoms with Crippen LogP contribution in [-0.2, 0) is 25.7 Å². The average Bonchev–Trinajstić information content (AvgIpc) is 2.85. The number of hydrogen-bond acceptors (Lipinski definition) is 6. The molecule has 1 heterocycles. The average molecular weight is 429 g/mol. The molecule has 1 N–H and O–H groups in total. The summed E-state index contributed by atoms with van der Waals surface area (Å²) in [6.45, 7) is 3.78. The maximum atomic E-state index is 13.2. The number of amides is 2. The van der Waals surface area contributed by atoms with Gasteiger partial charge in [0.1, 0.15) is 19.2 Å². The zero-order chi connectivity index (χ0) is 21.5. The predicted molar refractivity (Wildman–Crippen MR) is 114 cm³/mol. The third-order valence-corrected chi connectivity index (χ3v) is 5.61. The Kier molecular flexibility index (Phi) is 7.35. The Morgan fingerprint density at radius 2 is 1.93 bits per heavy atom. The highest BCUT2D eigenvalue weighted by Crippen LogP contribution is 2.35. The van der Waals surface area contributed by atoms with Crippen molar-refractivity contribution in [3.05, 3.63) is 59.7 Å². The summed E-state index contributed by atoms with van der Waals surface area (Å²) < 4.78 is 10.3. The first-order valence-corrected chi connectivity index (χ1v) is 10.6. The number of thioether (sulfide) groups is 1. The van der Waals surface area contributed by atoms with Crippen LogP contribution in [0.1, 0.15) is 18.1 Å². The van der Waals surface area contributed by atoms with Crippen molar-refractivity contribution in [1.82, 2.24) is 5.32 Å². The van der Waals surface area contributed by atoms with Crippen LogP contribution in [0.5, 0.6) is 0 Å². The lowest BCUT2D eigenvalue weighted by Gasteiger charge is -2.25. The zero-order valence-corrected chi connectivity index (χ0v) is 17.7. The van der Waals surface area contributed by atoms with Gasteiger partial charge in [0.2, 0.25) is 0 Å². The van der Waals surface area contributed by atoms with Gasteiger partial charge in [-0.2, -0.15) is 0 Å². The van der Waals surface area contributed by atoms with Crippen LogP contribution in [0.25, 0.3) is 0 Å². The van der Waals surface area contributed by atoms with E-state index < -0.39 is 18.1 Å². The number of benzene rings is 2. The van der Waals surface area contributed by atoms with Gasteiger partial charge in [0.25, 0.3) is 5.91 Å². The first-order chi connectivity index (χ1) is 14.5. The molecule has 1 atom stereocenters. The predicted octanol–water partition coefficient (Wildman–Crippen LogP) is 3.29. The molecule has 8 heteroatoms. The number of anilines is 1. The van der Waals surface area contributed by atoms with Crippen LogP contribution in [0.4, 0.5) is 10.5 Å². The van der Waals surface area contributed by atoms with Crippen molar-refractivity contribution < 1.29 is 23.9 Å². The highest BCUT2D eigenvalue weighted by molar-refractivity contribution is 7.99.